The molecule has 0 amide bonds. The maximum absolute atomic E-state index is 10.9. The molecule has 1 aliphatic rings. The molecule has 1 unspecified atom stereocenters. The van der Waals surface area contributed by atoms with Crippen molar-refractivity contribution in [2.75, 3.05) is 13.6 Å². The highest BCUT2D eigenvalue weighted by Crippen LogP contribution is 2.22. The van der Waals surface area contributed by atoms with Crippen molar-refractivity contribution in [1.29, 1.82) is 0 Å². The van der Waals surface area contributed by atoms with Gasteiger partial charge in [-0.3, -0.25) is 4.79 Å². The fourth-order valence-electron chi connectivity index (χ4n) is 2.40. The molecule has 0 saturated heterocycles. The van der Waals surface area contributed by atoms with E-state index in [1.54, 1.807) is 0 Å². The van der Waals surface area contributed by atoms with Crippen molar-refractivity contribution in [1.82, 2.24) is 4.90 Å². The van der Waals surface area contributed by atoms with Crippen molar-refractivity contribution in [2.45, 2.75) is 51.5 Å². The van der Waals surface area contributed by atoms with Crippen LogP contribution in [0.5, 0.6) is 0 Å². The monoisotopic (exact) mass is 213 g/mol. The molecule has 3 nitrogen and oxygen atoms in total. The van der Waals surface area contributed by atoms with E-state index in [1.165, 1.54) is 32.1 Å². The molecule has 1 N–H and O–H groups in total. The molecule has 0 radical (unpaired) electrons. The van der Waals surface area contributed by atoms with Gasteiger partial charge < -0.3 is 10.0 Å². The zero-order chi connectivity index (χ0) is 11.3. The SMILES string of the molecule is CCC(CN(C)C1CCCCC1)C(=O)O. The summed E-state index contributed by atoms with van der Waals surface area (Å²) >= 11 is 0. The molecule has 0 aromatic heterocycles. The molecule has 1 aliphatic carbocycles. The van der Waals surface area contributed by atoms with Crippen LogP contribution < -0.4 is 0 Å². The third-order valence-electron chi connectivity index (χ3n) is 3.55. The van der Waals surface area contributed by atoms with E-state index in [0.717, 1.165) is 6.42 Å². The van der Waals surface area contributed by atoms with Crippen LogP contribution in [0.1, 0.15) is 45.4 Å². The summed E-state index contributed by atoms with van der Waals surface area (Å²) in [7, 11) is 2.07. The first-order valence-corrected chi connectivity index (χ1v) is 6.08. The second-order valence-electron chi connectivity index (χ2n) is 4.67. The lowest BCUT2D eigenvalue weighted by Gasteiger charge is -2.32. The lowest BCUT2D eigenvalue weighted by atomic mass is 9.93. The van der Waals surface area contributed by atoms with Gasteiger partial charge in [0.15, 0.2) is 0 Å². The third-order valence-corrected chi connectivity index (χ3v) is 3.55. The number of hydrogen-bond donors (Lipinski definition) is 1. The van der Waals surface area contributed by atoms with Gasteiger partial charge in [0, 0.05) is 12.6 Å². The summed E-state index contributed by atoms with van der Waals surface area (Å²) in [5.41, 5.74) is 0. The van der Waals surface area contributed by atoms with Crippen LogP contribution in [-0.2, 0) is 4.79 Å². The van der Waals surface area contributed by atoms with Gasteiger partial charge in [-0.25, -0.2) is 0 Å². The lowest BCUT2D eigenvalue weighted by Crippen LogP contribution is -2.38. The fourth-order valence-corrected chi connectivity index (χ4v) is 2.40. The maximum Gasteiger partial charge on any atom is 0.307 e. The summed E-state index contributed by atoms with van der Waals surface area (Å²) in [6.45, 7) is 2.66. The molecular formula is C12H23NO2. The van der Waals surface area contributed by atoms with Crippen molar-refractivity contribution < 1.29 is 9.90 Å². The van der Waals surface area contributed by atoms with Crippen molar-refractivity contribution in [3.8, 4) is 0 Å². The molecule has 0 aliphatic heterocycles. The topological polar surface area (TPSA) is 40.5 Å². The molecule has 1 saturated carbocycles. The van der Waals surface area contributed by atoms with Gasteiger partial charge in [-0.1, -0.05) is 26.2 Å². The van der Waals surface area contributed by atoms with Gasteiger partial charge in [0.25, 0.3) is 0 Å². The first-order chi connectivity index (χ1) is 7.15. The predicted molar refractivity (Wildman–Crippen MR) is 60.9 cm³/mol. The number of aliphatic carboxylic acids is 1. The van der Waals surface area contributed by atoms with Crippen LogP contribution >= 0.6 is 0 Å². The molecule has 0 spiro atoms. The highest BCUT2D eigenvalue weighted by atomic mass is 16.4. The molecule has 1 atom stereocenters. The molecule has 1 fully saturated rings. The van der Waals surface area contributed by atoms with Crippen molar-refractivity contribution in [3.05, 3.63) is 0 Å². The Morgan fingerprint density at radius 1 is 1.40 bits per heavy atom. The Morgan fingerprint density at radius 2 is 2.00 bits per heavy atom. The Bertz CT molecular complexity index is 200. The van der Waals surface area contributed by atoms with E-state index < -0.39 is 5.97 Å². The number of carboxylic acid groups (broad SMARTS) is 1. The van der Waals surface area contributed by atoms with Gasteiger partial charge >= 0.3 is 5.97 Å². The van der Waals surface area contributed by atoms with Crippen molar-refractivity contribution in [2.24, 2.45) is 5.92 Å². The van der Waals surface area contributed by atoms with Gasteiger partial charge in [0.05, 0.1) is 5.92 Å². The standard InChI is InChI=1S/C12H23NO2/c1-3-10(12(14)15)9-13(2)11-7-5-4-6-8-11/h10-11H,3-9H2,1-2H3,(H,14,15). The quantitative estimate of drug-likeness (QED) is 0.762. The van der Waals surface area contributed by atoms with Gasteiger partial charge in [0.2, 0.25) is 0 Å². The minimum absolute atomic E-state index is 0.197. The third kappa shape index (κ3) is 3.82. The van der Waals surface area contributed by atoms with Crippen LogP contribution in [0.15, 0.2) is 0 Å². The summed E-state index contributed by atoms with van der Waals surface area (Å²) in [4.78, 5) is 13.2. The van der Waals surface area contributed by atoms with Crippen LogP contribution in [0, 0.1) is 5.92 Å². The van der Waals surface area contributed by atoms with E-state index in [4.69, 9.17) is 5.11 Å². The second kappa shape index (κ2) is 6.11. The van der Waals surface area contributed by atoms with E-state index >= 15 is 0 Å². The molecule has 88 valence electrons. The molecular weight excluding hydrogens is 190 g/mol. The average molecular weight is 213 g/mol. The van der Waals surface area contributed by atoms with E-state index in [9.17, 15) is 4.79 Å². The summed E-state index contributed by atoms with van der Waals surface area (Å²) in [5.74, 6) is -0.850. The zero-order valence-corrected chi connectivity index (χ0v) is 9.91. The highest BCUT2D eigenvalue weighted by Gasteiger charge is 2.23. The Hall–Kier alpha value is -0.570. The van der Waals surface area contributed by atoms with Crippen LogP contribution in [0.4, 0.5) is 0 Å². The Balaban J connectivity index is 2.38. The Kier molecular flexibility index (Phi) is 5.09. The maximum atomic E-state index is 10.9. The van der Waals surface area contributed by atoms with Crippen molar-refractivity contribution >= 4 is 5.97 Å². The van der Waals surface area contributed by atoms with E-state index in [-0.39, 0.29) is 5.92 Å². The first-order valence-electron chi connectivity index (χ1n) is 6.08. The molecule has 0 aromatic carbocycles. The van der Waals surface area contributed by atoms with Gasteiger partial charge in [-0.05, 0) is 26.3 Å². The van der Waals surface area contributed by atoms with E-state index in [0.29, 0.717) is 12.6 Å². The van der Waals surface area contributed by atoms with E-state index in [2.05, 4.69) is 11.9 Å². The zero-order valence-electron chi connectivity index (χ0n) is 9.91. The number of carbonyl (C=O) groups is 1. The number of carboxylic acids is 1. The summed E-state index contributed by atoms with van der Waals surface area (Å²) in [5, 5.41) is 8.99. The van der Waals surface area contributed by atoms with Crippen LogP contribution in [0.3, 0.4) is 0 Å². The molecule has 0 aromatic rings. The molecule has 3 heteroatoms. The van der Waals surface area contributed by atoms with Crippen molar-refractivity contribution in [3.63, 3.8) is 0 Å². The minimum atomic E-state index is -0.653. The minimum Gasteiger partial charge on any atom is -0.481 e. The van der Waals surface area contributed by atoms with Crippen LogP contribution in [0.2, 0.25) is 0 Å². The van der Waals surface area contributed by atoms with Gasteiger partial charge in [-0.15, -0.1) is 0 Å². The molecule has 0 bridgehead atoms. The lowest BCUT2D eigenvalue weighted by molar-refractivity contribution is -0.142. The number of nitrogens with zero attached hydrogens (tertiary/aromatic N) is 1. The largest absolute Gasteiger partial charge is 0.481 e. The summed E-state index contributed by atoms with van der Waals surface area (Å²) in [6.07, 6.45) is 7.17. The fraction of sp³-hybridized carbons (Fsp3) is 0.917. The summed E-state index contributed by atoms with van der Waals surface area (Å²) in [6, 6.07) is 0.618. The number of rotatable bonds is 5. The predicted octanol–water partition coefficient (Wildman–Crippen LogP) is 2.36. The Labute approximate surface area is 92.5 Å². The van der Waals surface area contributed by atoms with Crippen LogP contribution in [-0.4, -0.2) is 35.6 Å². The smallest absolute Gasteiger partial charge is 0.307 e. The average Bonchev–Trinajstić information content (AvgIpc) is 2.26. The van der Waals surface area contributed by atoms with Crippen LogP contribution in [0.25, 0.3) is 0 Å². The summed E-state index contributed by atoms with van der Waals surface area (Å²) < 4.78 is 0. The number of hydrogen-bond acceptors (Lipinski definition) is 2. The molecule has 1 rings (SSSR count). The second-order valence-corrected chi connectivity index (χ2v) is 4.67. The molecule has 0 heterocycles. The highest BCUT2D eigenvalue weighted by molar-refractivity contribution is 5.70. The normalized spacial score (nSPS) is 20.5. The molecule has 15 heavy (non-hydrogen) atoms. The van der Waals surface area contributed by atoms with Gasteiger partial charge in [0.1, 0.15) is 0 Å². The Morgan fingerprint density at radius 3 is 2.47 bits per heavy atom. The van der Waals surface area contributed by atoms with Gasteiger partial charge in [-0.2, -0.15) is 0 Å². The first kappa shape index (κ1) is 12.5. The van der Waals surface area contributed by atoms with E-state index in [1.807, 2.05) is 6.92 Å².